The standard InChI is InChI=1S/C25H36N2O6/c1-2-3-6-13-26-14-10-12-25-20(19-18(33-25)11-5-4-9-17-32-24(19)31)22(29)27(15-7-8-16-28)21(25)23(26)30/h5,10-12,18-21,28H,2-4,6-9,13-17H2,1H3/b11-5-/t18-,19+,20+,21?,25+/m1/s1. The number of unbranched alkanes of at least 4 members (excludes halogenated alkanes) is 3. The van der Waals surface area contributed by atoms with Gasteiger partial charge in [0.1, 0.15) is 17.6 Å². The van der Waals surface area contributed by atoms with Crippen molar-refractivity contribution in [2.75, 3.05) is 32.8 Å². The fourth-order valence-corrected chi connectivity index (χ4v) is 5.69. The monoisotopic (exact) mass is 460 g/mol. The van der Waals surface area contributed by atoms with Crippen LogP contribution < -0.4 is 0 Å². The summed E-state index contributed by atoms with van der Waals surface area (Å²) in [5.74, 6) is -2.36. The Morgan fingerprint density at radius 1 is 1.09 bits per heavy atom. The molecule has 2 saturated heterocycles. The summed E-state index contributed by atoms with van der Waals surface area (Å²) < 4.78 is 12.0. The number of ether oxygens (including phenoxy) is 2. The van der Waals surface area contributed by atoms with Crippen molar-refractivity contribution in [1.82, 2.24) is 9.80 Å². The Hall–Kier alpha value is -2.19. The van der Waals surface area contributed by atoms with Crippen molar-refractivity contribution in [3.05, 3.63) is 24.3 Å². The zero-order chi connectivity index (χ0) is 23.4. The summed E-state index contributed by atoms with van der Waals surface area (Å²) in [7, 11) is 0. The highest BCUT2D eigenvalue weighted by atomic mass is 16.6. The molecule has 2 amide bonds. The Bertz CT molecular complexity index is 811. The number of aliphatic hydroxyl groups is 1. The van der Waals surface area contributed by atoms with Gasteiger partial charge < -0.3 is 24.4 Å². The second-order valence-corrected chi connectivity index (χ2v) is 9.44. The third-order valence-electron chi connectivity index (χ3n) is 7.27. The van der Waals surface area contributed by atoms with E-state index in [0.717, 1.165) is 32.1 Å². The molecule has 182 valence electrons. The lowest BCUT2D eigenvalue weighted by atomic mass is 9.78. The first-order valence-corrected chi connectivity index (χ1v) is 12.4. The highest BCUT2D eigenvalue weighted by Crippen LogP contribution is 2.53. The molecule has 0 aliphatic carbocycles. The average Bonchev–Trinajstić information content (AvgIpc) is 3.21. The second-order valence-electron chi connectivity index (χ2n) is 9.44. The number of fused-ring (bicyclic) bond motifs is 2. The van der Waals surface area contributed by atoms with Gasteiger partial charge in [0, 0.05) is 26.2 Å². The molecule has 0 radical (unpaired) electrons. The number of carbonyl (C=O) groups excluding carboxylic acids is 3. The molecule has 0 saturated carbocycles. The van der Waals surface area contributed by atoms with Crippen LogP contribution in [0.3, 0.4) is 0 Å². The summed E-state index contributed by atoms with van der Waals surface area (Å²) in [5.41, 5.74) is -1.19. The van der Waals surface area contributed by atoms with Crippen LogP contribution in [0.25, 0.3) is 0 Å². The first kappa shape index (κ1) is 24.0. The van der Waals surface area contributed by atoms with E-state index in [0.29, 0.717) is 39.1 Å². The number of hydrogen-bond acceptors (Lipinski definition) is 6. The molecule has 33 heavy (non-hydrogen) atoms. The molecule has 2 fully saturated rings. The minimum atomic E-state index is -1.19. The third-order valence-corrected chi connectivity index (χ3v) is 7.27. The van der Waals surface area contributed by atoms with Gasteiger partial charge in [-0.05, 0) is 32.1 Å². The Kier molecular flexibility index (Phi) is 7.54. The summed E-state index contributed by atoms with van der Waals surface area (Å²) in [6.07, 6.45) is 12.6. The van der Waals surface area contributed by atoms with E-state index in [4.69, 9.17) is 9.47 Å². The number of carbonyl (C=O) groups is 3. The highest BCUT2D eigenvalue weighted by molar-refractivity contribution is 5.99. The van der Waals surface area contributed by atoms with Crippen LogP contribution in [0, 0.1) is 11.8 Å². The van der Waals surface area contributed by atoms with Gasteiger partial charge in [0.15, 0.2) is 0 Å². The zero-order valence-electron chi connectivity index (χ0n) is 19.5. The minimum Gasteiger partial charge on any atom is -0.465 e. The number of hydrogen-bond donors (Lipinski definition) is 1. The molecule has 4 heterocycles. The van der Waals surface area contributed by atoms with E-state index in [2.05, 4.69) is 6.92 Å². The molecule has 8 heteroatoms. The molecular weight excluding hydrogens is 424 g/mol. The van der Waals surface area contributed by atoms with Crippen molar-refractivity contribution in [2.24, 2.45) is 11.8 Å². The van der Waals surface area contributed by atoms with Crippen LogP contribution in [-0.2, 0) is 23.9 Å². The normalized spacial score (nSPS) is 34.7. The minimum absolute atomic E-state index is 0.0244. The van der Waals surface area contributed by atoms with Gasteiger partial charge in [0.05, 0.1) is 18.6 Å². The van der Waals surface area contributed by atoms with Crippen LogP contribution >= 0.6 is 0 Å². The molecule has 0 aromatic heterocycles. The molecule has 0 aromatic rings. The molecule has 4 aliphatic heterocycles. The van der Waals surface area contributed by atoms with Crippen molar-refractivity contribution in [3.8, 4) is 0 Å². The van der Waals surface area contributed by atoms with Gasteiger partial charge in [0.25, 0.3) is 0 Å². The summed E-state index contributed by atoms with van der Waals surface area (Å²) in [6, 6.07) is -0.814. The maximum atomic E-state index is 13.9. The van der Waals surface area contributed by atoms with Crippen molar-refractivity contribution >= 4 is 17.8 Å². The van der Waals surface area contributed by atoms with Gasteiger partial charge in [-0.1, -0.05) is 44.1 Å². The SMILES string of the molecule is CCCCCN1CC=C[C@]23O[C@@H]4/C=C\CCCOC(=O)[C@@H]4[C@H]2C(=O)N(CCCCO)C3C1=O. The van der Waals surface area contributed by atoms with Crippen molar-refractivity contribution < 1.29 is 29.0 Å². The maximum Gasteiger partial charge on any atom is 0.312 e. The molecule has 1 spiro atoms. The number of aliphatic hydroxyl groups excluding tert-OH is 1. The molecule has 0 bridgehead atoms. The third kappa shape index (κ3) is 4.35. The molecular formula is C25H36N2O6. The van der Waals surface area contributed by atoms with Crippen LogP contribution in [0.2, 0.25) is 0 Å². The van der Waals surface area contributed by atoms with Crippen molar-refractivity contribution in [1.29, 1.82) is 0 Å². The predicted molar refractivity (Wildman–Crippen MR) is 121 cm³/mol. The number of cyclic esters (lactones) is 1. The molecule has 0 aromatic carbocycles. The molecule has 8 nitrogen and oxygen atoms in total. The number of amides is 2. The van der Waals surface area contributed by atoms with Gasteiger partial charge in [-0.25, -0.2) is 0 Å². The van der Waals surface area contributed by atoms with Crippen LogP contribution in [0.1, 0.15) is 51.9 Å². The van der Waals surface area contributed by atoms with Crippen LogP contribution in [-0.4, -0.2) is 83.3 Å². The smallest absolute Gasteiger partial charge is 0.312 e. The summed E-state index contributed by atoms with van der Waals surface area (Å²) in [5, 5.41) is 9.25. The van der Waals surface area contributed by atoms with Gasteiger partial charge in [-0.3, -0.25) is 14.4 Å². The molecule has 1 N–H and O–H groups in total. The number of likely N-dealkylation sites (tertiary alicyclic amines) is 1. The first-order valence-electron chi connectivity index (χ1n) is 12.4. The van der Waals surface area contributed by atoms with Gasteiger partial charge in [0.2, 0.25) is 11.8 Å². The predicted octanol–water partition coefficient (Wildman–Crippen LogP) is 1.82. The van der Waals surface area contributed by atoms with E-state index >= 15 is 0 Å². The lowest BCUT2D eigenvalue weighted by Gasteiger charge is -2.35. The fraction of sp³-hybridized carbons (Fsp3) is 0.720. The van der Waals surface area contributed by atoms with Crippen LogP contribution in [0.15, 0.2) is 24.3 Å². The highest BCUT2D eigenvalue weighted by Gasteiger charge is 2.71. The molecule has 4 aliphatic rings. The Balaban J connectivity index is 1.72. The molecule has 5 atom stereocenters. The summed E-state index contributed by atoms with van der Waals surface area (Å²) >= 11 is 0. The van der Waals surface area contributed by atoms with E-state index < -0.39 is 35.6 Å². The van der Waals surface area contributed by atoms with E-state index in [9.17, 15) is 19.5 Å². The summed E-state index contributed by atoms with van der Waals surface area (Å²) in [4.78, 5) is 44.1. The number of rotatable bonds is 8. The lowest BCUT2D eigenvalue weighted by molar-refractivity contribution is -0.154. The number of esters is 1. The van der Waals surface area contributed by atoms with E-state index in [1.54, 1.807) is 4.90 Å². The van der Waals surface area contributed by atoms with E-state index in [-0.39, 0.29) is 18.4 Å². The van der Waals surface area contributed by atoms with Crippen molar-refractivity contribution in [2.45, 2.75) is 69.6 Å². The first-order chi connectivity index (χ1) is 16.0. The largest absolute Gasteiger partial charge is 0.465 e. The molecule has 4 rings (SSSR count). The van der Waals surface area contributed by atoms with Gasteiger partial charge >= 0.3 is 5.97 Å². The van der Waals surface area contributed by atoms with E-state index in [1.807, 2.05) is 29.2 Å². The lowest BCUT2D eigenvalue weighted by Crippen LogP contribution is -2.55. The Morgan fingerprint density at radius 3 is 2.70 bits per heavy atom. The zero-order valence-corrected chi connectivity index (χ0v) is 19.5. The van der Waals surface area contributed by atoms with Crippen molar-refractivity contribution in [3.63, 3.8) is 0 Å². The van der Waals surface area contributed by atoms with Gasteiger partial charge in [-0.2, -0.15) is 0 Å². The van der Waals surface area contributed by atoms with Crippen LogP contribution in [0.5, 0.6) is 0 Å². The maximum absolute atomic E-state index is 13.9. The summed E-state index contributed by atoms with van der Waals surface area (Å²) in [6.45, 7) is 3.89. The molecule has 1 unspecified atom stereocenters. The quantitative estimate of drug-likeness (QED) is 0.337. The number of allylic oxidation sites excluding steroid dienone is 1. The van der Waals surface area contributed by atoms with Gasteiger partial charge in [-0.15, -0.1) is 0 Å². The average molecular weight is 461 g/mol. The van der Waals surface area contributed by atoms with Crippen LogP contribution in [0.4, 0.5) is 0 Å². The topological polar surface area (TPSA) is 96.4 Å². The second kappa shape index (κ2) is 10.4. The Labute approximate surface area is 195 Å². The number of nitrogens with zero attached hydrogens (tertiary/aromatic N) is 2. The Morgan fingerprint density at radius 2 is 1.91 bits per heavy atom. The fourth-order valence-electron chi connectivity index (χ4n) is 5.69. The van der Waals surface area contributed by atoms with E-state index in [1.165, 1.54) is 0 Å².